The van der Waals surface area contributed by atoms with Crippen LogP contribution < -0.4 is 0 Å². The molecule has 3 unspecified atom stereocenters. The molecule has 0 heterocycles. The minimum absolute atomic E-state index is 0.449. The van der Waals surface area contributed by atoms with Crippen LogP contribution in [0.1, 0.15) is 111 Å². The van der Waals surface area contributed by atoms with Crippen molar-refractivity contribution in [3.63, 3.8) is 0 Å². The second kappa shape index (κ2) is 15.8. The van der Waals surface area contributed by atoms with Gasteiger partial charge in [-0.3, -0.25) is 4.79 Å². The van der Waals surface area contributed by atoms with E-state index in [0.717, 1.165) is 24.7 Å². The van der Waals surface area contributed by atoms with Gasteiger partial charge in [0, 0.05) is 12.3 Å². The van der Waals surface area contributed by atoms with Gasteiger partial charge in [-0.05, 0) is 31.1 Å². The third kappa shape index (κ3) is 8.44. The van der Waals surface area contributed by atoms with Crippen molar-refractivity contribution in [3.05, 3.63) is 0 Å². The van der Waals surface area contributed by atoms with Crippen LogP contribution >= 0.6 is 0 Å². The minimum atomic E-state index is 0.449. The fourth-order valence-corrected chi connectivity index (χ4v) is 4.60. The quantitative estimate of drug-likeness (QED) is 0.458. The lowest BCUT2D eigenvalue weighted by atomic mass is 9.64. The maximum Gasteiger partial charge on any atom is 0.136 e. The van der Waals surface area contributed by atoms with Crippen LogP contribution in [0.4, 0.5) is 0 Å². The molecule has 2 aliphatic rings. The molecule has 0 N–H and O–H groups in total. The smallest absolute Gasteiger partial charge is 0.136 e. The number of unbranched alkanes of at least 4 members (excludes halogenated alkanes) is 5. The second-order valence-corrected chi connectivity index (χ2v) is 7.23. The van der Waals surface area contributed by atoms with Crippen molar-refractivity contribution in [2.75, 3.05) is 0 Å². The standard InChI is InChI=1S/C19H34O.C2H6.CH2O/c1-2-3-4-5-6-7-15-19(20)18-14-10-12-16-11-8-9-13-17(16)18;2*1-2/h16-18H,2-15H2,1H3;1-2H3;1H2. The Bertz CT molecular complexity index is 298. The van der Waals surface area contributed by atoms with Crippen LogP contribution in [-0.4, -0.2) is 12.6 Å². The number of hydrogen-bond donors (Lipinski definition) is 0. The highest BCUT2D eigenvalue weighted by Crippen LogP contribution is 2.44. The van der Waals surface area contributed by atoms with Gasteiger partial charge in [-0.2, -0.15) is 0 Å². The van der Waals surface area contributed by atoms with Crippen molar-refractivity contribution in [1.29, 1.82) is 0 Å². The van der Waals surface area contributed by atoms with Crippen LogP contribution in [-0.2, 0) is 9.59 Å². The molecule has 24 heavy (non-hydrogen) atoms. The molecule has 2 rings (SSSR count). The normalized spacial score (nSPS) is 25.4. The summed E-state index contributed by atoms with van der Waals surface area (Å²) in [5.41, 5.74) is 0. The summed E-state index contributed by atoms with van der Waals surface area (Å²) >= 11 is 0. The molecular formula is C22H42O2. The van der Waals surface area contributed by atoms with Gasteiger partial charge in [-0.1, -0.05) is 85.0 Å². The molecule has 0 saturated heterocycles. The van der Waals surface area contributed by atoms with Crippen LogP contribution in [0.5, 0.6) is 0 Å². The van der Waals surface area contributed by atoms with Crippen molar-refractivity contribution in [2.24, 2.45) is 17.8 Å². The fraction of sp³-hybridized carbons (Fsp3) is 0.909. The Kier molecular flexibility index (Phi) is 15.4. The van der Waals surface area contributed by atoms with Gasteiger partial charge in [0.05, 0.1) is 0 Å². The van der Waals surface area contributed by atoms with E-state index in [0.29, 0.717) is 11.7 Å². The summed E-state index contributed by atoms with van der Waals surface area (Å²) in [6, 6.07) is 0. The summed E-state index contributed by atoms with van der Waals surface area (Å²) in [5.74, 6) is 2.74. The Morgan fingerprint density at radius 1 is 0.833 bits per heavy atom. The SMILES string of the molecule is C=O.CC.CCCCCCCCC(=O)C1CCCC2CCCCC21. The predicted octanol–water partition coefficient (Wildman–Crippen LogP) is 6.75. The number of carbonyl (C=O) groups is 2. The summed E-state index contributed by atoms with van der Waals surface area (Å²) in [5, 5.41) is 0. The van der Waals surface area contributed by atoms with Gasteiger partial charge in [-0.25, -0.2) is 0 Å². The molecule has 0 amide bonds. The molecule has 0 aromatic rings. The van der Waals surface area contributed by atoms with Crippen molar-refractivity contribution in [2.45, 2.75) is 111 Å². The van der Waals surface area contributed by atoms with Crippen molar-refractivity contribution < 1.29 is 9.59 Å². The van der Waals surface area contributed by atoms with Gasteiger partial charge in [0.15, 0.2) is 0 Å². The third-order valence-corrected chi connectivity index (χ3v) is 5.77. The topological polar surface area (TPSA) is 34.1 Å². The molecule has 0 aliphatic heterocycles. The van der Waals surface area contributed by atoms with Crippen LogP contribution in [0.15, 0.2) is 0 Å². The van der Waals surface area contributed by atoms with Crippen LogP contribution in [0, 0.1) is 17.8 Å². The first-order valence-corrected chi connectivity index (χ1v) is 10.6. The zero-order valence-corrected chi connectivity index (χ0v) is 16.7. The second-order valence-electron chi connectivity index (χ2n) is 7.23. The lowest BCUT2D eigenvalue weighted by molar-refractivity contribution is -0.127. The van der Waals surface area contributed by atoms with Gasteiger partial charge in [0.25, 0.3) is 0 Å². The van der Waals surface area contributed by atoms with E-state index in [2.05, 4.69) is 6.92 Å². The molecule has 142 valence electrons. The summed E-state index contributed by atoms with van der Waals surface area (Å²) < 4.78 is 0. The third-order valence-electron chi connectivity index (χ3n) is 5.77. The van der Waals surface area contributed by atoms with Crippen molar-refractivity contribution in [1.82, 2.24) is 0 Å². The van der Waals surface area contributed by atoms with E-state index in [1.165, 1.54) is 77.0 Å². The Labute approximate surface area is 151 Å². The van der Waals surface area contributed by atoms with E-state index < -0.39 is 0 Å². The zero-order valence-electron chi connectivity index (χ0n) is 16.7. The molecular weight excluding hydrogens is 296 g/mol. The fourth-order valence-electron chi connectivity index (χ4n) is 4.60. The highest BCUT2D eigenvalue weighted by molar-refractivity contribution is 5.81. The largest absolute Gasteiger partial charge is 0.307 e. The van der Waals surface area contributed by atoms with Gasteiger partial charge >= 0.3 is 0 Å². The number of ketones is 1. The van der Waals surface area contributed by atoms with E-state index in [1.54, 1.807) is 0 Å². The average molecular weight is 339 g/mol. The molecule has 2 fully saturated rings. The van der Waals surface area contributed by atoms with Crippen LogP contribution in [0.2, 0.25) is 0 Å². The van der Waals surface area contributed by atoms with Gasteiger partial charge in [0.2, 0.25) is 0 Å². The Balaban J connectivity index is 0.00000123. The number of Topliss-reactive ketones (excluding diaryl/α,β-unsaturated/α-hetero) is 1. The first kappa shape index (κ1) is 23.3. The van der Waals surface area contributed by atoms with Gasteiger partial charge in [-0.15, -0.1) is 0 Å². The van der Waals surface area contributed by atoms with Gasteiger partial charge in [0.1, 0.15) is 12.6 Å². The van der Waals surface area contributed by atoms with E-state index >= 15 is 0 Å². The first-order valence-electron chi connectivity index (χ1n) is 10.6. The maximum atomic E-state index is 12.5. The maximum absolute atomic E-state index is 12.5. The molecule has 2 aliphatic carbocycles. The van der Waals surface area contributed by atoms with Crippen molar-refractivity contribution >= 4 is 12.6 Å². The molecule has 2 heteroatoms. The molecule has 0 bridgehead atoms. The molecule has 0 spiro atoms. The van der Waals surface area contributed by atoms with Crippen molar-refractivity contribution in [3.8, 4) is 0 Å². The number of rotatable bonds is 8. The van der Waals surface area contributed by atoms with Crippen LogP contribution in [0.3, 0.4) is 0 Å². The Morgan fingerprint density at radius 3 is 2.12 bits per heavy atom. The van der Waals surface area contributed by atoms with Crippen LogP contribution in [0.25, 0.3) is 0 Å². The minimum Gasteiger partial charge on any atom is -0.307 e. The monoisotopic (exact) mass is 338 g/mol. The number of hydrogen-bond acceptors (Lipinski definition) is 2. The Morgan fingerprint density at radius 2 is 1.42 bits per heavy atom. The molecule has 2 nitrogen and oxygen atoms in total. The van der Waals surface area contributed by atoms with E-state index in [9.17, 15) is 4.79 Å². The molecule has 0 aromatic carbocycles. The summed E-state index contributed by atoms with van der Waals surface area (Å²) in [6.45, 7) is 8.26. The highest BCUT2D eigenvalue weighted by atomic mass is 16.1. The van der Waals surface area contributed by atoms with E-state index in [4.69, 9.17) is 4.79 Å². The summed E-state index contributed by atoms with van der Waals surface area (Å²) in [7, 11) is 0. The first-order chi connectivity index (χ1) is 11.8. The summed E-state index contributed by atoms with van der Waals surface area (Å²) in [4.78, 5) is 20.5. The lowest BCUT2D eigenvalue weighted by Gasteiger charge is -2.40. The van der Waals surface area contributed by atoms with E-state index in [1.807, 2.05) is 20.6 Å². The van der Waals surface area contributed by atoms with Gasteiger partial charge < -0.3 is 4.79 Å². The molecule has 0 aromatic heterocycles. The average Bonchev–Trinajstić information content (AvgIpc) is 2.67. The highest BCUT2D eigenvalue weighted by Gasteiger charge is 2.37. The summed E-state index contributed by atoms with van der Waals surface area (Å²) in [6.07, 6.45) is 18.1. The molecule has 2 saturated carbocycles. The number of carbonyl (C=O) groups excluding carboxylic acids is 2. The van der Waals surface area contributed by atoms with E-state index in [-0.39, 0.29) is 0 Å². The zero-order chi connectivity index (χ0) is 18.2. The molecule has 0 radical (unpaired) electrons. The number of fused-ring (bicyclic) bond motifs is 1. The lowest BCUT2D eigenvalue weighted by Crippen LogP contribution is -2.35. The predicted molar refractivity (Wildman–Crippen MR) is 104 cm³/mol. The Hall–Kier alpha value is -0.660. The molecule has 3 atom stereocenters.